The van der Waals surface area contributed by atoms with Crippen LogP contribution in [0.15, 0.2) is 35.1 Å². The quantitative estimate of drug-likeness (QED) is 0.795. The molecule has 140 valence electrons. The van der Waals surface area contributed by atoms with Crippen LogP contribution < -0.4 is 10.9 Å². The summed E-state index contributed by atoms with van der Waals surface area (Å²) in [6, 6.07) is 9.11. The topological polar surface area (TPSA) is 93.3 Å². The Balaban J connectivity index is 2.35. The summed E-state index contributed by atoms with van der Waals surface area (Å²) in [4.78, 5) is 36.9. The standard InChI is InChI=1S/C19H25N3O4/c1-5-19(6-2,18(25)26)12-15(23)20-16-13(3)21(4)22(17(16)24)14-10-8-7-9-11-14/h7-11H,5-6,12H2,1-4H3,(H,20,23)(H,25,26). The molecule has 1 aromatic heterocycles. The van der Waals surface area contributed by atoms with Crippen molar-refractivity contribution >= 4 is 17.6 Å². The Bertz CT molecular complexity index is 861. The van der Waals surface area contributed by atoms with E-state index in [2.05, 4.69) is 5.32 Å². The number of aliphatic carboxylic acids is 1. The highest BCUT2D eigenvalue weighted by atomic mass is 16.4. The maximum Gasteiger partial charge on any atom is 0.310 e. The van der Waals surface area contributed by atoms with Crippen LogP contribution >= 0.6 is 0 Å². The van der Waals surface area contributed by atoms with Gasteiger partial charge in [-0.25, -0.2) is 4.68 Å². The van der Waals surface area contributed by atoms with Crippen LogP contribution in [0.3, 0.4) is 0 Å². The Morgan fingerprint density at radius 3 is 2.23 bits per heavy atom. The van der Waals surface area contributed by atoms with E-state index in [9.17, 15) is 19.5 Å². The van der Waals surface area contributed by atoms with Gasteiger partial charge in [-0.15, -0.1) is 0 Å². The van der Waals surface area contributed by atoms with Crippen LogP contribution in [0.4, 0.5) is 5.69 Å². The number of benzene rings is 1. The van der Waals surface area contributed by atoms with E-state index in [1.807, 2.05) is 18.2 Å². The Morgan fingerprint density at radius 1 is 1.15 bits per heavy atom. The summed E-state index contributed by atoms with van der Waals surface area (Å²) in [5.41, 5.74) is -0.0105. The van der Waals surface area contributed by atoms with Gasteiger partial charge in [-0.05, 0) is 31.9 Å². The highest BCUT2D eigenvalue weighted by Gasteiger charge is 2.37. The molecule has 7 nitrogen and oxygen atoms in total. The molecule has 0 aliphatic heterocycles. The molecular formula is C19H25N3O4. The zero-order valence-corrected chi connectivity index (χ0v) is 15.6. The fourth-order valence-corrected chi connectivity index (χ4v) is 3.08. The predicted molar refractivity (Wildman–Crippen MR) is 99.6 cm³/mol. The third kappa shape index (κ3) is 3.42. The molecule has 0 aliphatic carbocycles. The number of anilines is 1. The Morgan fingerprint density at radius 2 is 1.73 bits per heavy atom. The van der Waals surface area contributed by atoms with Gasteiger partial charge in [0.2, 0.25) is 5.91 Å². The van der Waals surface area contributed by atoms with Crippen LogP contribution in [0.2, 0.25) is 0 Å². The molecular weight excluding hydrogens is 334 g/mol. The summed E-state index contributed by atoms with van der Waals surface area (Å²) in [6.07, 6.45) is 0.511. The number of amides is 1. The first kappa shape index (κ1) is 19.5. The number of carbonyl (C=O) groups is 2. The van der Waals surface area contributed by atoms with Crippen molar-refractivity contribution in [3.63, 3.8) is 0 Å². The van der Waals surface area contributed by atoms with E-state index in [-0.39, 0.29) is 17.7 Å². The van der Waals surface area contributed by atoms with Crippen molar-refractivity contribution in [2.75, 3.05) is 5.32 Å². The molecule has 2 rings (SSSR count). The minimum atomic E-state index is -1.12. The first-order valence-electron chi connectivity index (χ1n) is 8.64. The first-order chi connectivity index (χ1) is 12.3. The smallest absolute Gasteiger partial charge is 0.310 e. The van der Waals surface area contributed by atoms with Crippen molar-refractivity contribution in [1.82, 2.24) is 9.36 Å². The number of nitrogens with one attached hydrogen (secondary N) is 1. The molecule has 7 heteroatoms. The van der Waals surface area contributed by atoms with Gasteiger partial charge in [0.1, 0.15) is 5.69 Å². The average Bonchev–Trinajstić information content (AvgIpc) is 2.83. The van der Waals surface area contributed by atoms with Gasteiger partial charge in [0.15, 0.2) is 0 Å². The second-order valence-electron chi connectivity index (χ2n) is 6.45. The molecule has 0 aliphatic rings. The predicted octanol–water partition coefficient (Wildman–Crippen LogP) is 2.70. The van der Waals surface area contributed by atoms with Crippen molar-refractivity contribution in [2.24, 2.45) is 12.5 Å². The third-order valence-electron chi connectivity index (χ3n) is 5.12. The molecule has 1 amide bonds. The molecule has 0 unspecified atom stereocenters. The SMILES string of the molecule is CCC(CC)(CC(=O)Nc1c(C)n(C)n(-c2ccccc2)c1=O)C(=O)O. The molecule has 0 atom stereocenters. The lowest BCUT2D eigenvalue weighted by Crippen LogP contribution is -2.35. The van der Waals surface area contributed by atoms with Crippen LogP contribution in [-0.2, 0) is 16.6 Å². The fourth-order valence-electron chi connectivity index (χ4n) is 3.08. The van der Waals surface area contributed by atoms with Crippen LogP contribution in [0.25, 0.3) is 5.69 Å². The van der Waals surface area contributed by atoms with E-state index in [1.165, 1.54) is 4.68 Å². The van der Waals surface area contributed by atoms with Gasteiger partial charge < -0.3 is 10.4 Å². The lowest BCUT2D eigenvalue weighted by molar-refractivity contribution is -0.151. The van der Waals surface area contributed by atoms with Gasteiger partial charge >= 0.3 is 5.97 Å². The number of carboxylic acids is 1. The van der Waals surface area contributed by atoms with Crippen LogP contribution in [0.1, 0.15) is 38.8 Å². The van der Waals surface area contributed by atoms with Gasteiger partial charge in [-0.2, -0.15) is 0 Å². The molecule has 1 aromatic carbocycles. The number of nitrogens with zero attached hydrogens (tertiary/aromatic N) is 2. The van der Waals surface area contributed by atoms with Crippen molar-refractivity contribution in [3.8, 4) is 5.69 Å². The number of carbonyl (C=O) groups excluding carboxylic acids is 1. The van der Waals surface area contributed by atoms with E-state index in [0.29, 0.717) is 24.2 Å². The summed E-state index contributed by atoms with van der Waals surface area (Å²) >= 11 is 0. The minimum absolute atomic E-state index is 0.172. The Hall–Kier alpha value is -2.83. The van der Waals surface area contributed by atoms with Crippen molar-refractivity contribution in [1.29, 1.82) is 0 Å². The monoisotopic (exact) mass is 359 g/mol. The highest BCUT2D eigenvalue weighted by Crippen LogP contribution is 2.31. The maximum atomic E-state index is 12.8. The number of aromatic nitrogens is 2. The van der Waals surface area contributed by atoms with Gasteiger partial charge in [-0.1, -0.05) is 32.0 Å². The molecule has 1 heterocycles. The second-order valence-corrected chi connectivity index (χ2v) is 6.45. The van der Waals surface area contributed by atoms with Crippen molar-refractivity contribution in [3.05, 3.63) is 46.4 Å². The van der Waals surface area contributed by atoms with Gasteiger partial charge in [0.05, 0.1) is 16.8 Å². The maximum absolute atomic E-state index is 12.8. The van der Waals surface area contributed by atoms with Crippen LogP contribution in [0, 0.1) is 12.3 Å². The molecule has 2 aromatic rings. The molecule has 0 saturated heterocycles. The van der Waals surface area contributed by atoms with Gasteiger partial charge in [-0.3, -0.25) is 19.1 Å². The van der Waals surface area contributed by atoms with Crippen molar-refractivity contribution in [2.45, 2.75) is 40.0 Å². The minimum Gasteiger partial charge on any atom is -0.481 e. The van der Waals surface area contributed by atoms with Gasteiger partial charge in [0.25, 0.3) is 5.56 Å². The number of carboxylic acid groups (broad SMARTS) is 1. The normalized spacial score (nSPS) is 11.4. The summed E-state index contributed by atoms with van der Waals surface area (Å²) in [6.45, 7) is 5.24. The molecule has 0 saturated carbocycles. The Kier molecular flexibility index (Phi) is 5.69. The average molecular weight is 359 g/mol. The summed E-state index contributed by atoms with van der Waals surface area (Å²) in [5.74, 6) is -1.47. The summed E-state index contributed by atoms with van der Waals surface area (Å²) in [5, 5.41) is 12.1. The molecule has 0 fully saturated rings. The van der Waals surface area contributed by atoms with E-state index in [1.54, 1.807) is 44.6 Å². The molecule has 26 heavy (non-hydrogen) atoms. The second kappa shape index (κ2) is 7.59. The zero-order chi connectivity index (χ0) is 19.5. The van der Waals surface area contributed by atoms with E-state index in [0.717, 1.165) is 0 Å². The molecule has 0 spiro atoms. The highest BCUT2D eigenvalue weighted by molar-refractivity contribution is 5.94. The zero-order valence-electron chi connectivity index (χ0n) is 15.6. The van der Waals surface area contributed by atoms with E-state index < -0.39 is 17.3 Å². The summed E-state index contributed by atoms with van der Waals surface area (Å²) in [7, 11) is 1.74. The third-order valence-corrected chi connectivity index (χ3v) is 5.12. The number of rotatable bonds is 7. The van der Waals surface area contributed by atoms with Crippen LogP contribution in [0.5, 0.6) is 0 Å². The number of para-hydroxylation sites is 1. The molecule has 0 radical (unpaired) electrons. The Labute approximate surface area is 152 Å². The molecule has 0 bridgehead atoms. The van der Waals surface area contributed by atoms with Crippen molar-refractivity contribution < 1.29 is 14.7 Å². The summed E-state index contributed by atoms with van der Waals surface area (Å²) < 4.78 is 3.13. The number of hydrogen-bond acceptors (Lipinski definition) is 3. The lowest BCUT2D eigenvalue weighted by Gasteiger charge is -2.25. The van der Waals surface area contributed by atoms with Gasteiger partial charge in [0, 0.05) is 13.5 Å². The lowest BCUT2D eigenvalue weighted by atomic mass is 9.79. The number of hydrogen-bond donors (Lipinski definition) is 2. The van der Waals surface area contributed by atoms with E-state index in [4.69, 9.17) is 0 Å². The van der Waals surface area contributed by atoms with E-state index >= 15 is 0 Å². The van der Waals surface area contributed by atoms with Crippen LogP contribution in [-0.4, -0.2) is 26.3 Å². The largest absolute Gasteiger partial charge is 0.481 e. The first-order valence-corrected chi connectivity index (χ1v) is 8.64. The molecule has 2 N–H and O–H groups in total. The fraction of sp³-hybridized carbons (Fsp3) is 0.421.